The van der Waals surface area contributed by atoms with Crippen molar-refractivity contribution in [3.63, 3.8) is 0 Å². The van der Waals surface area contributed by atoms with Crippen LogP contribution in [-0.2, 0) is 11.2 Å². The molecule has 2 rings (SSSR count). The highest BCUT2D eigenvalue weighted by molar-refractivity contribution is 6.05. The minimum atomic E-state index is 0.184. The lowest BCUT2D eigenvalue weighted by atomic mass is 10.0. The van der Waals surface area contributed by atoms with Gasteiger partial charge in [-0.05, 0) is 5.56 Å². The first kappa shape index (κ1) is 8.88. The lowest BCUT2D eigenvalue weighted by Gasteiger charge is -2.06. The minimum absolute atomic E-state index is 0.184. The molecule has 2 heteroatoms. The van der Waals surface area contributed by atoms with E-state index in [0.717, 1.165) is 11.1 Å². The quantitative estimate of drug-likeness (QED) is 0.694. The van der Waals surface area contributed by atoms with Gasteiger partial charge >= 0.3 is 0 Å². The summed E-state index contributed by atoms with van der Waals surface area (Å²) in [4.78, 5) is 15.4. The van der Waals surface area contributed by atoms with Gasteiger partial charge in [0, 0.05) is 30.8 Å². The second kappa shape index (κ2) is 4.01. The van der Waals surface area contributed by atoms with Crippen LogP contribution in [0.2, 0.25) is 0 Å². The fraction of sp³-hybridized carbons (Fsp3) is 0.167. The first-order valence-corrected chi connectivity index (χ1v) is 4.64. The zero-order valence-electron chi connectivity index (χ0n) is 7.81. The van der Waals surface area contributed by atoms with Gasteiger partial charge in [-0.25, -0.2) is 0 Å². The summed E-state index contributed by atoms with van der Waals surface area (Å²) in [5.41, 5.74) is 1.96. The number of ketones is 1. The lowest BCUT2D eigenvalue weighted by Crippen LogP contribution is -2.08. The van der Waals surface area contributed by atoms with E-state index in [-0.39, 0.29) is 5.78 Å². The van der Waals surface area contributed by atoms with E-state index in [0.29, 0.717) is 12.8 Å². The molecule has 1 aliphatic rings. The van der Waals surface area contributed by atoms with Gasteiger partial charge in [-0.1, -0.05) is 30.3 Å². The van der Waals surface area contributed by atoms with Crippen molar-refractivity contribution in [3.8, 4) is 0 Å². The van der Waals surface area contributed by atoms with E-state index in [2.05, 4.69) is 4.99 Å². The first-order valence-electron chi connectivity index (χ1n) is 4.64. The van der Waals surface area contributed by atoms with E-state index in [1.807, 2.05) is 30.3 Å². The molecule has 0 spiro atoms. The molecular weight excluding hydrogens is 174 g/mol. The molecule has 0 fully saturated rings. The summed E-state index contributed by atoms with van der Waals surface area (Å²) in [5, 5.41) is 0. The number of hydrogen-bond donors (Lipinski definition) is 0. The van der Waals surface area contributed by atoms with E-state index in [9.17, 15) is 4.79 Å². The van der Waals surface area contributed by atoms with Crippen LogP contribution in [0.3, 0.4) is 0 Å². The smallest absolute Gasteiger partial charge is 0.166 e. The lowest BCUT2D eigenvalue weighted by molar-refractivity contribution is -0.114. The van der Waals surface area contributed by atoms with Crippen LogP contribution in [0.1, 0.15) is 12.0 Å². The van der Waals surface area contributed by atoms with Gasteiger partial charge < -0.3 is 0 Å². The molecule has 70 valence electrons. The van der Waals surface area contributed by atoms with Gasteiger partial charge in [0.1, 0.15) is 0 Å². The normalized spacial score (nSPS) is 15.4. The molecule has 14 heavy (non-hydrogen) atoms. The summed E-state index contributed by atoms with van der Waals surface area (Å²) in [6.07, 6.45) is 4.45. The maximum absolute atomic E-state index is 11.4. The van der Waals surface area contributed by atoms with E-state index >= 15 is 0 Å². The number of rotatable bonds is 2. The summed E-state index contributed by atoms with van der Waals surface area (Å²) >= 11 is 0. The minimum Gasteiger partial charge on any atom is -0.294 e. The predicted molar refractivity (Wildman–Crippen MR) is 56.3 cm³/mol. The Hall–Kier alpha value is -1.70. The van der Waals surface area contributed by atoms with Crippen molar-refractivity contribution in [2.75, 3.05) is 0 Å². The Morgan fingerprint density at radius 3 is 2.71 bits per heavy atom. The molecule has 0 atom stereocenters. The van der Waals surface area contributed by atoms with Crippen LogP contribution in [0.25, 0.3) is 0 Å². The third kappa shape index (κ3) is 1.96. The zero-order chi connectivity index (χ0) is 9.80. The van der Waals surface area contributed by atoms with Gasteiger partial charge in [0.2, 0.25) is 0 Å². The summed E-state index contributed by atoms with van der Waals surface area (Å²) in [5.74, 6) is 0.184. The first-order chi connectivity index (χ1) is 6.86. The van der Waals surface area contributed by atoms with E-state index in [1.165, 1.54) is 0 Å². The van der Waals surface area contributed by atoms with Gasteiger partial charge in [-0.2, -0.15) is 0 Å². The number of hydrogen-bond acceptors (Lipinski definition) is 2. The Morgan fingerprint density at radius 1 is 1.21 bits per heavy atom. The third-order valence-corrected chi connectivity index (χ3v) is 2.21. The average molecular weight is 185 g/mol. The molecule has 1 aromatic carbocycles. The van der Waals surface area contributed by atoms with Crippen LogP contribution in [0, 0.1) is 0 Å². The molecule has 0 bridgehead atoms. The maximum atomic E-state index is 11.4. The molecule has 0 saturated heterocycles. The number of Topliss-reactive ketones (excluding diaryl/α,β-unsaturated/α-hetero) is 1. The fourth-order valence-electron chi connectivity index (χ4n) is 1.44. The van der Waals surface area contributed by atoms with Crippen LogP contribution < -0.4 is 0 Å². The van der Waals surface area contributed by atoms with E-state index < -0.39 is 0 Å². The molecule has 0 N–H and O–H groups in total. The van der Waals surface area contributed by atoms with Gasteiger partial charge in [-0.15, -0.1) is 0 Å². The van der Waals surface area contributed by atoms with Crippen molar-refractivity contribution in [3.05, 3.63) is 47.7 Å². The SMILES string of the molecule is O=C1CC=NC=C1Cc1ccccc1. The van der Waals surface area contributed by atoms with Crippen molar-refractivity contribution in [1.82, 2.24) is 0 Å². The summed E-state index contributed by atoms with van der Waals surface area (Å²) in [6, 6.07) is 9.97. The Morgan fingerprint density at radius 2 is 2.00 bits per heavy atom. The molecule has 0 saturated carbocycles. The Bertz CT molecular complexity index is 390. The molecular formula is C12H11NO. The average Bonchev–Trinajstić information content (AvgIpc) is 2.23. The number of allylic oxidation sites excluding steroid dienone is 1. The highest BCUT2D eigenvalue weighted by Gasteiger charge is 2.11. The van der Waals surface area contributed by atoms with Crippen molar-refractivity contribution >= 4 is 12.0 Å². The second-order valence-electron chi connectivity index (χ2n) is 3.28. The Balaban J connectivity index is 2.15. The van der Waals surface area contributed by atoms with Crippen LogP contribution in [0.15, 0.2) is 47.1 Å². The van der Waals surface area contributed by atoms with Gasteiger partial charge in [-0.3, -0.25) is 9.79 Å². The molecule has 0 aliphatic carbocycles. The number of carbonyl (C=O) groups is 1. The monoisotopic (exact) mass is 185 g/mol. The largest absolute Gasteiger partial charge is 0.294 e. The zero-order valence-corrected chi connectivity index (χ0v) is 7.81. The number of benzene rings is 1. The highest BCUT2D eigenvalue weighted by atomic mass is 16.1. The fourth-order valence-corrected chi connectivity index (χ4v) is 1.44. The Labute approximate surface area is 83.0 Å². The van der Waals surface area contributed by atoms with Gasteiger partial charge in [0.05, 0.1) is 0 Å². The van der Waals surface area contributed by atoms with Crippen LogP contribution in [0.4, 0.5) is 0 Å². The third-order valence-electron chi connectivity index (χ3n) is 2.21. The van der Waals surface area contributed by atoms with Crippen molar-refractivity contribution < 1.29 is 4.79 Å². The summed E-state index contributed by atoms with van der Waals surface area (Å²) in [6.45, 7) is 0. The number of carbonyl (C=O) groups excluding carboxylic acids is 1. The highest BCUT2D eigenvalue weighted by Crippen LogP contribution is 2.12. The molecule has 1 aliphatic heterocycles. The van der Waals surface area contributed by atoms with Crippen LogP contribution >= 0.6 is 0 Å². The van der Waals surface area contributed by atoms with Crippen LogP contribution in [0.5, 0.6) is 0 Å². The molecule has 0 amide bonds. The van der Waals surface area contributed by atoms with Gasteiger partial charge in [0.15, 0.2) is 5.78 Å². The molecule has 0 unspecified atom stereocenters. The van der Waals surface area contributed by atoms with Crippen LogP contribution in [-0.4, -0.2) is 12.0 Å². The number of nitrogens with zero attached hydrogens (tertiary/aromatic N) is 1. The predicted octanol–water partition coefficient (Wildman–Crippen LogP) is 2.16. The Kier molecular flexibility index (Phi) is 2.54. The number of aliphatic imine (C=N–C) groups is 1. The van der Waals surface area contributed by atoms with Crippen molar-refractivity contribution in [2.45, 2.75) is 12.8 Å². The van der Waals surface area contributed by atoms with E-state index in [4.69, 9.17) is 0 Å². The maximum Gasteiger partial charge on any atom is 0.166 e. The van der Waals surface area contributed by atoms with Gasteiger partial charge in [0.25, 0.3) is 0 Å². The summed E-state index contributed by atoms with van der Waals surface area (Å²) in [7, 11) is 0. The molecule has 0 radical (unpaired) electrons. The standard InChI is InChI=1S/C12H11NO/c14-12-6-7-13-9-11(12)8-10-4-2-1-3-5-10/h1-5,7,9H,6,8H2. The molecule has 0 aromatic heterocycles. The summed E-state index contributed by atoms with van der Waals surface area (Å²) < 4.78 is 0. The van der Waals surface area contributed by atoms with Crippen molar-refractivity contribution in [2.24, 2.45) is 4.99 Å². The molecule has 2 nitrogen and oxygen atoms in total. The van der Waals surface area contributed by atoms with E-state index in [1.54, 1.807) is 12.4 Å². The topological polar surface area (TPSA) is 29.4 Å². The second-order valence-corrected chi connectivity index (χ2v) is 3.28. The molecule has 1 aromatic rings. The van der Waals surface area contributed by atoms with Crippen molar-refractivity contribution in [1.29, 1.82) is 0 Å². The molecule has 1 heterocycles.